The number of para-hydroxylation sites is 2. The minimum atomic E-state index is -1.38. The number of fused-ring (bicyclic) bond motifs is 1. The van der Waals surface area contributed by atoms with Gasteiger partial charge in [0.2, 0.25) is 5.91 Å². The van der Waals surface area contributed by atoms with Gasteiger partial charge in [0.25, 0.3) is 0 Å². The molecular formula is C18H14ClN2O4-. The molecule has 0 fully saturated rings. The maximum atomic E-state index is 12.4. The molecule has 25 heavy (non-hydrogen) atoms. The van der Waals surface area contributed by atoms with Crippen molar-refractivity contribution in [2.45, 2.75) is 6.42 Å². The molecule has 0 bridgehead atoms. The van der Waals surface area contributed by atoms with Crippen molar-refractivity contribution in [3.63, 3.8) is 0 Å². The van der Waals surface area contributed by atoms with Gasteiger partial charge in [-0.25, -0.2) is 0 Å². The fraction of sp³-hybridized carbons (Fsp3) is 0.111. The Morgan fingerprint density at radius 1 is 1.24 bits per heavy atom. The van der Waals surface area contributed by atoms with Gasteiger partial charge in [0.1, 0.15) is 5.75 Å². The van der Waals surface area contributed by atoms with E-state index in [2.05, 4.69) is 10.3 Å². The number of aromatic carboxylic acids is 1. The van der Waals surface area contributed by atoms with E-state index in [0.29, 0.717) is 32.9 Å². The van der Waals surface area contributed by atoms with Gasteiger partial charge >= 0.3 is 0 Å². The number of carbonyl (C=O) groups excluding carboxylic acids is 2. The van der Waals surface area contributed by atoms with Crippen molar-refractivity contribution in [1.82, 2.24) is 4.98 Å². The molecule has 1 aromatic heterocycles. The van der Waals surface area contributed by atoms with Crippen molar-refractivity contribution < 1.29 is 19.4 Å². The summed E-state index contributed by atoms with van der Waals surface area (Å²) in [6, 6.07) is 11.9. The number of amides is 1. The van der Waals surface area contributed by atoms with Gasteiger partial charge in [-0.05, 0) is 35.9 Å². The average Bonchev–Trinajstić information content (AvgIpc) is 2.93. The van der Waals surface area contributed by atoms with E-state index in [-0.39, 0.29) is 18.0 Å². The Morgan fingerprint density at radius 2 is 2.00 bits per heavy atom. The SMILES string of the molecule is COc1ccccc1NC(=O)Cc1c(C(=O)[O-])[nH]c2ccc(Cl)cc12. The third-order valence-corrected chi connectivity index (χ3v) is 4.03. The summed E-state index contributed by atoms with van der Waals surface area (Å²) in [6.45, 7) is 0. The van der Waals surface area contributed by atoms with Crippen molar-refractivity contribution >= 4 is 40.1 Å². The van der Waals surface area contributed by atoms with Crippen LogP contribution in [0.4, 0.5) is 5.69 Å². The van der Waals surface area contributed by atoms with E-state index in [4.69, 9.17) is 16.3 Å². The van der Waals surface area contributed by atoms with Gasteiger partial charge in [-0.1, -0.05) is 23.7 Å². The molecule has 7 heteroatoms. The third kappa shape index (κ3) is 3.44. The van der Waals surface area contributed by atoms with Crippen LogP contribution in [0.1, 0.15) is 16.1 Å². The topological polar surface area (TPSA) is 94.2 Å². The number of carboxylic acid groups (broad SMARTS) is 1. The summed E-state index contributed by atoms with van der Waals surface area (Å²) < 4.78 is 5.19. The average molecular weight is 358 g/mol. The normalized spacial score (nSPS) is 10.6. The van der Waals surface area contributed by atoms with E-state index in [9.17, 15) is 14.7 Å². The molecule has 1 heterocycles. The van der Waals surface area contributed by atoms with Crippen LogP contribution in [0.15, 0.2) is 42.5 Å². The van der Waals surface area contributed by atoms with Crippen molar-refractivity contribution in [2.75, 3.05) is 12.4 Å². The lowest BCUT2D eigenvalue weighted by Gasteiger charge is -2.10. The van der Waals surface area contributed by atoms with E-state index in [0.717, 1.165) is 0 Å². The monoisotopic (exact) mass is 357 g/mol. The second kappa shape index (κ2) is 6.86. The number of anilines is 1. The highest BCUT2D eigenvalue weighted by Crippen LogP contribution is 2.27. The lowest BCUT2D eigenvalue weighted by Crippen LogP contribution is -2.25. The van der Waals surface area contributed by atoms with Crippen LogP contribution in [0.25, 0.3) is 10.9 Å². The predicted octanol–water partition coefficient (Wildman–Crippen LogP) is 2.37. The molecule has 0 radical (unpaired) electrons. The van der Waals surface area contributed by atoms with Gasteiger partial charge in [0.15, 0.2) is 0 Å². The Balaban J connectivity index is 1.94. The van der Waals surface area contributed by atoms with Gasteiger partial charge in [-0.2, -0.15) is 0 Å². The number of carboxylic acids is 1. The molecule has 6 nitrogen and oxygen atoms in total. The second-order valence-corrected chi connectivity index (χ2v) is 5.82. The minimum absolute atomic E-state index is 0.132. The van der Waals surface area contributed by atoms with Crippen LogP contribution < -0.4 is 15.2 Å². The number of ether oxygens (including phenoxy) is 1. The van der Waals surface area contributed by atoms with Gasteiger partial charge in [-0.15, -0.1) is 0 Å². The van der Waals surface area contributed by atoms with Crippen LogP contribution in [0, 0.1) is 0 Å². The maximum Gasteiger partial charge on any atom is 0.229 e. The van der Waals surface area contributed by atoms with Crippen molar-refractivity contribution in [3.05, 3.63) is 58.7 Å². The molecule has 0 spiro atoms. The molecule has 3 rings (SSSR count). The summed E-state index contributed by atoms with van der Waals surface area (Å²) in [4.78, 5) is 26.6. The molecule has 0 aliphatic rings. The summed E-state index contributed by atoms with van der Waals surface area (Å²) in [5.41, 5.74) is 1.27. The number of aromatic amines is 1. The minimum Gasteiger partial charge on any atom is -0.543 e. The van der Waals surface area contributed by atoms with E-state index in [1.165, 1.54) is 7.11 Å². The van der Waals surface area contributed by atoms with Crippen molar-refractivity contribution in [2.24, 2.45) is 0 Å². The van der Waals surface area contributed by atoms with Crippen LogP contribution in [0.2, 0.25) is 5.02 Å². The molecule has 2 N–H and O–H groups in total. The van der Waals surface area contributed by atoms with Crippen LogP contribution in [0.5, 0.6) is 5.75 Å². The van der Waals surface area contributed by atoms with Crippen molar-refractivity contribution in [3.8, 4) is 5.75 Å². The molecule has 2 aromatic carbocycles. The highest BCUT2D eigenvalue weighted by atomic mass is 35.5. The van der Waals surface area contributed by atoms with Gasteiger partial charge in [0.05, 0.1) is 30.9 Å². The van der Waals surface area contributed by atoms with Crippen LogP contribution in [-0.4, -0.2) is 24.0 Å². The maximum absolute atomic E-state index is 12.4. The Hall–Kier alpha value is -2.99. The molecule has 0 atom stereocenters. The number of rotatable bonds is 5. The predicted molar refractivity (Wildman–Crippen MR) is 93.0 cm³/mol. The molecule has 0 saturated heterocycles. The lowest BCUT2D eigenvalue weighted by atomic mass is 10.1. The first-order valence-corrected chi connectivity index (χ1v) is 7.81. The molecule has 0 aliphatic heterocycles. The number of hydrogen-bond acceptors (Lipinski definition) is 4. The van der Waals surface area contributed by atoms with Crippen molar-refractivity contribution in [1.29, 1.82) is 0 Å². The Morgan fingerprint density at radius 3 is 2.72 bits per heavy atom. The van der Waals surface area contributed by atoms with E-state index < -0.39 is 5.97 Å². The first-order chi connectivity index (χ1) is 12.0. The lowest BCUT2D eigenvalue weighted by molar-refractivity contribution is -0.255. The summed E-state index contributed by atoms with van der Waals surface area (Å²) in [5.74, 6) is -1.25. The zero-order valence-electron chi connectivity index (χ0n) is 13.3. The van der Waals surface area contributed by atoms with Crippen LogP contribution >= 0.6 is 11.6 Å². The van der Waals surface area contributed by atoms with Gasteiger partial charge in [-0.3, -0.25) is 4.79 Å². The number of methoxy groups -OCH3 is 1. The zero-order valence-corrected chi connectivity index (χ0v) is 14.0. The molecule has 0 unspecified atom stereocenters. The largest absolute Gasteiger partial charge is 0.543 e. The molecule has 0 saturated carbocycles. The third-order valence-electron chi connectivity index (χ3n) is 3.79. The number of nitrogens with one attached hydrogen (secondary N) is 2. The summed E-state index contributed by atoms with van der Waals surface area (Å²) in [6.07, 6.45) is -0.151. The number of hydrogen-bond donors (Lipinski definition) is 2. The van der Waals surface area contributed by atoms with Gasteiger partial charge in [0, 0.05) is 15.9 Å². The molecule has 1 amide bonds. The molecule has 0 aliphatic carbocycles. The molecular weight excluding hydrogens is 344 g/mol. The summed E-state index contributed by atoms with van der Waals surface area (Å²) in [7, 11) is 1.50. The number of aromatic nitrogens is 1. The second-order valence-electron chi connectivity index (χ2n) is 5.38. The van der Waals surface area contributed by atoms with Crippen LogP contribution in [0.3, 0.4) is 0 Å². The molecule has 128 valence electrons. The fourth-order valence-electron chi connectivity index (χ4n) is 2.68. The Kier molecular flexibility index (Phi) is 4.63. The number of H-pyrrole nitrogens is 1. The highest BCUT2D eigenvalue weighted by molar-refractivity contribution is 6.31. The zero-order chi connectivity index (χ0) is 18.0. The summed E-state index contributed by atoms with van der Waals surface area (Å²) in [5, 5.41) is 15.1. The van der Waals surface area contributed by atoms with Gasteiger partial charge < -0.3 is 24.9 Å². The fourth-order valence-corrected chi connectivity index (χ4v) is 2.85. The number of halogens is 1. The number of carbonyl (C=O) groups is 2. The van der Waals surface area contributed by atoms with E-state index in [1.54, 1.807) is 42.5 Å². The first kappa shape index (κ1) is 16.9. The first-order valence-electron chi connectivity index (χ1n) is 7.44. The standard InChI is InChI=1S/C18H15ClN2O4/c1-25-15-5-3-2-4-14(15)20-16(22)9-12-11-8-10(19)6-7-13(11)21-17(12)18(23)24/h2-8,21H,9H2,1H3,(H,20,22)(H,23,24)/p-1. The van der Waals surface area contributed by atoms with Crippen LogP contribution in [-0.2, 0) is 11.2 Å². The van der Waals surface area contributed by atoms with E-state index in [1.807, 2.05) is 0 Å². The van der Waals surface area contributed by atoms with E-state index >= 15 is 0 Å². The quantitative estimate of drug-likeness (QED) is 0.733. The number of benzene rings is 2. The smallest absolute Gasteiger partial charge is 0.229 e. The molecule has 3 aromatic rings. The Bertz CT molecular complexity index is 965. The highest BCUT2D eigenvalue weighted by Gasteiger charge is 2.17. The Labute approximate surface area is 148 Å². The summed E-state index contributed by atoms with van der Waals surface area (Å²) >= 11 is 5.99.